The molecular formula is C27H30FN5O4. The maximum absolute atomic E-state index is 14.8. The molecule has 0 radical (unpaired) electrons. The van der Waals surface area contributed by atoms with Crippen molar-refractivity contribution in [3.63, 3.8) is 0 Å². The van der Waals surface area contributed by atoms with Crippen LogP contribution in [-0.2, 0) is 17.7 Å². The van der Waals surface area contributed by atoms with Gasteiger partial charge in [-0.3, -0.25) is 4.79 Å². The summed E-state index contributed by atoms with van der Waals surface area (Å²) in [5.74, 6) is -0.0733. The second kappa shape index (κ2) is 9.75. The number of rotatable bonds is 6. The van der Waals surface area contributed by atoms with Crippen molar-refractivity contribution in [2.24, 2.45) is 0 Å². The third-order valence-corrected chi connectivity index (χ3v) is 7.35. The van der Waals surface area contributed by atoms with E-state index >= 15 is 0 Å². The van der Waals surface area contributed by atoms with E-state index in [0.717, 1.165) is 19.4 Å². The van der Waals surface area contributed by atoms with Gasteiger partial charge in [-0.1, -0.05) is 13.0 Å². The molecule has 2 fully saturated rings. The van der Waals surface area contributed by atoms with Crippen LogP contribution in [-0.4, -0.2) is 66.5 Å². The molecule has 3 aromatic rings. The lowest BCUT2D eigenvalue weighted by atomic mass is 9.99. The number of fused-ring (bicyclic) bond motifs is 2. The summed E-state index contributed by atoms with van der Waals surface area (Å²) in [5.41, 5.74) is 1.94. The second-order valence-electron chi connectivity index (χ2n) is 9.69. The van der Waals surface area contributed by atoms with Crippen LogP contribution in [0.1, 0.15) is 41.4 Å². The lowest BCUT2D eigenvalue weighted by molar-refractivity contribution is 0.0997. The highest BCUT2D eigenvalue weighted by Crippen LogP contribution is 2.41. The quantitative estimate of drug-likeness (QED) is 0.525. The zero-order valence-electron chi connectivity index (χ0n) is 20.8. The first-order valence-electron chi connectivity index (χ1n) is 12.9. The molecule has 0 aliphatic carbocycles. The third-order valence-electron chi connectivity index (χ3n) is 7.35. The van der Waals surface area contributed by atoms with Crippen molar-refractivity contribution >= 4 is 28.2 Å². The number of carbonyl (C=O) groups excluding carboxylic acids is 1. The molecular weight excluding hydrogens is 477 g/mol. The topological polar surface area (TPSA) is 100 Å². The smallest absolute Gasteiger partial charge is 0.318 e. The summed E-state index contributed by atoms with van der Waals surface area (Å²) in [6.45, 7) is 5.96. The number of anilines is 2. The number of amides is 1. The van der Waals surface area contributed by atoms with Gasteiger partial charge in [0.15, 0.2) is 0 Å². The number of nitrogens with zero attached hydrogens (tertiary/aromatic N) is 4. The Morgan fingerprint density at radius 3 is 2.89 bits per heavy atom. The van der Waals surface area contributed by atoms with Gasteiger partial charge in [0, 0.05) is 37.2 Å². The lowest BCUT2D eigenvalue weighted by Gasteiger charge is -2.27. The van der Waals surface area contributed by atoms with Crippen molar-refractivity contribution < 1.29 is 23.8 Å². The average molecular weight is 508 g/mol. The molecule has 4 heterocycles. The monoisotopic (exact) mass is 507 g/mol. The van der Waals surface area contributed by atoms with Gasteiger partial charge in [0.2, 0.25) is 0 Å². The number of carbonyl (C=O) groups is 1. The zero-order chi connectivity index (χ0) is 25.5. The minimum absolute atomic E-state index is 0.00733. The van der Waals surface area contributed by atoms with Crippen LogP contribution in [0.3, 0.4) is 0 Å². The van der Waals surface area contributed by atoms with Crippen molar-refractivity contribution in [2.45, 2.75) is 38.8 Å². The number of aromatic hydroxyl groups is 1. The number of hydrogen-bond acceptors (Lipinski definition) is 8. The highest BCUT2D eigenvalue weighted by atomic mass is 19.1. The van der Waals surface area contributed by atoms with Crippen LogP contribution in [0.15, 0.2) is 24.3 Å². The molecule has 2 aromatic carbocycles. The van der Waals surface area contributed by atoms with Gasteiger partial charge < -0.3 is 29.7 Å². The largest absolute Gasteiger partial charge is 0.508 e. The zero-order valence-corrected chi connectivity index (χ0v) is 20.8. The molecule has 1 atom stereocenters. The highest BCUT2D eigenvalue weighted by Gasteiger charge is 2.37. The number of halogens is 1. The molecule has 0 saturated carbocycles. The predicted octanol–water partition coefficient (Wildman–Crippen LogP) is 3.16. The standard InChI is InChI=1S/C27H30FN5O4/c1-2-19-20(28)5-4-16-12-18(34)13-22(23(16)19)33-14-21-24(26(33)35)25(32-8-3-10-36-11-9-32)31-27(30-21)37-15-17-6-7-29-17/h4-5,12-13,17,29,34H,2-3,6-11,14-15H2,1H3/t17-/m1/s1. The van der Waals surface area contributed by atoms with Crippen LogP contribution < -0.4 is 19.9 Å². The van der Waals surface area contributed by atoms with Gasteiger partial charge in [0.1, 0.15) is 29.6 Å². The number of ether oxygens (including phenoxy) is 2. The summed E-state index contributed by atoms with van der Waals surface area (Å²) in [6.07, 6.45) is 2.30. The molecule has 0 spiro atoms. The highest BCUT2D eigenvalue weighted by molar-refractivity contribution is 6.16. The van der Waals surface area contributed by atoms with Crippen LogP contribution in [0.4, 0.5) is 15.9 Å². The summed E-state index contributed by atoms with van der Waals surface area (Å²) >= 11 is 0. The molecule has 0 bridgehead atoms. The molecule has 2 N–H and O–H groups in total. The first-order chi connectivity index (χ1) is 18.0. The molecule has 2 saturated heterocycles. The van der Waals surface area contributed by atoms with Crippen molar-refractivity contribution in [1.29, 1.82) is 0 Å². The molecule has 3 aliphatic heterocycles. The Labute approximate surface area is 214 Å². The molecule has 37 heavy (non-hydrogen) atoms. The van der Waals surface area contributed by atoms with Crippen molar-refractivity contribution in [3.8, 4) is 11.8 Å². The van der Waals surface area contributed by atoms with Crippen molar-refractivity contribution in [2.75, 3.05) is 49.3 Å². The molecule has 3 aliphatic rings. The van der Waals surface area contributed by atoms with Crippen molar-refractivity contribution in [3.05, 3.63) is 46.9 Å². The fourth-order valence-corrected chi connectivity index (χ4v) is 5.31. The van der Waals surface area contributed by atoms with Crippen molar-refractivity contribution in [1.82, 2.24) is 15.3 Å². The van der Waals surface area contributed by atoms with Gasteiger partial charge in [0.05, 0.1) is 24.5 Å². The summed E-state index contributed by atoms with van der Waals surface area (Å²) in [6, 6.07) is 6.65. The first-order valence-corrected chi connectivity index (χ1v) is 12.9. The Morgan fingerprint density at radius 2 is 2.11 bits per heavy atom. The molecule has 1 aromatic heterocycles. The lowest BCUT2D eigenvalue weighted by Crippen LogP contribution is -2.46. The summed E-state index contributed by atoms with van der Waals surface area (Å²) in [7, 11) is 0. The van der Waals surface area contributed by atoms with E-state index < -0.39 is 0 Å². The fraction of sp³-hybridized carbons (Fsp3) is 0.444. The maximum atomic E-state index is 14.8. The Bertz CT molecular complexity index is 1350. The van der Waals surface area contributed by atoms with Crippen LogP contribution in [0.5, 0.6) is 11.8 Å². The number of benzene rings is 2. The van der Waals surface area contributed by atoms with Gasteiger partial charge >= 0.3 is 6.01 Å². The summed E-state index contributed by atoms with van der Waals surface area (Å²) in [5, 5.41) is 15.1. The summed E-state index contributed by atoms with van der Waals surface area (Å²) in [4.78, 5) is 26.9. The third kappa shape index (κ3) is 4.34. The maximum Gasteiger partial charge on any atom is 0.318 e. The predicted molar refractivity (Wildman–Crippen MR) is 137 cm³/mol. The normalized spacial score (nSPS) is 19.6. The van der Waals surface area contributed by atoms with Crippen LogP contribution in [0.25, 0.3) is 10.8 Å². The fourth-order valence-electron chi connectivity index (χ4n) is 5.31. The van der Waals surface area contributed by atoms with Crippen LogP contribution >= 0.6 is 0 Å². The van der Waals surface area contributed by atoms with E-state index in [4.69, 9.17) is 14.5 Å². The number of aryl methyl sites for hydroxylation is 1. The number of phenolic OH excluding ortho intramolecular Hbond substituents is 1. The van der Waals surface area contributed by atoms with E-state index in [0.29, 0.717) is 78.4 Å². The van der Waals surface area contributed by atoms with E-state index in [-0.39, 0.29) is 36.1 Å². The van der Waals surface area contributed by atoms with E-state index in [2.05, 4.69) is 15.2 Å². The van der Waals surface area contributed by atoms with E-state index in [9.17, 15) is 14.3 Å². The van der Waals surface area contributed by atoms with E-state index in [1.54, 1.807) is 17.0 Å². The second-order valence-corrected chi connectivity index (χ2v) is 9.69. The van der Waals surface area contributed by atoms with E-state index in [1.165, 1.54) is 12.1 Å². The van der Waals surface area contributed by atoms with Crippen LogP contribution in [0, 0.1) is 5.82 Å². The number of nitrogens with one attached hydrogen (secondary N) is 1. The van der Waals surface area contributed by atoms with Gasteiger partial charge in [-0.15, -0.1) is 0 Å². The molecule has 0 unspecified atom stereocenters. The van der Waals surface area contributed by atoms with Crippen LogP contribution in [0.2, 0.25) is 0 Å². The average Bonchev–Trinajstić information content (AvgIpc) is 3.02. The number of hydrogen-bond donors (Lipinski definition) is 2. The summed E-state index contributed by atoms with van der Waals surface area (Å²) < 4.78 is 26.4. The van der Waals surface area contributed by atoms with Gasteiger partial charge in [-0.05, 0) is 48.9 Å². The Hall–Kier alpha value is -3.50. The van der Waals surface area contributed by atoms with Gasteiger partial charge in [0.25, 0.3) is 5.91 Å². The molecule has 6 rings (SSSR count). The molecule has 194 valence electrons. The Morgan fingerprint density at radius 1 is 1.24 bits per heavy atom. The molecule has 1 amide bonds. The SMILES string of the molecule is CCc1c(F)ccc2cc(O)cc(N3Cc4nc(OC[C@H]5CCN5)nc(N5CCCOCC5)c4C3=O)c12. The van der Waals surface area contributed by atoms with Gasteiger partial charge in [-0.2, -0.15) is 9.97 Å². The molecule has 10 heteroatoms. The minimum atomic E-state index is -0.337. The number of aromatic nitrogens is 2. The van der Waals surface area contributed by atoms with E-state index in [1.807, 2.05) is 6.92 Å². The minimum Gasteiger partial charge on any atom is -0.508 e. The Kier molecular flexibility index (Phi) is 6.29. The molecule has 9 nitrogen and oxygen atoms in total. The van der Waals surface area contributed by atoms with Gasteiger partial charge in [-0.25, -0.2) is 4.39 Å². The Balaban J connectivity index is 1.44. The first kappa shape index (κ1) is 23.9. The number of phenols is 1.